The first-order valence-corrected chi connectivity index (χ1v) is 5.64. The Morgan fingerprint density at radius 2 is 2.13 bits per heavy atom. The van der Waals surface area contributed by atoms with E-state index in [-0.39, 0.29) is 11.9 Å². The molecule has 0 fully saturated rings. The van der Waals surface area contributed by atoms with Gasteiger partial charge in [-0.1, -0.05) is 15.9 Å². The van der Waals surface area contributed by atoms with Crippen LogP contribution in [0.25, 0.3) is 0 Å². The third-order valence-electron chi connectivity index (χ3n) is 2.67. The van der Waals surface area contributed by atoms with Crippen LogP contribution in [0.5, 0.6) is 0 Å². The summed E-state index contributed by atoms with van der Waals surface area (Å²) in [6, 6.07) is 3.86. The van der Waals surface area contributed by atoms with Gasteiger partial charge in [0.25, 0.3) is 0 Å². The van der Waals surface area contributed by atoms with E-state index in [1.807, 2.05) is 33.0 Å². The molecule has 1 unspecified atom stereocenters. The Morgan fingerprint density at radius 1 is 1.47 bits per heavy atom. The van der Waals surface area contributed by atoms with Crippen LogP contribution in [0.3, 0.4) is 0 Å². The largest absolute Gasteiger partial charge is 0.372 e. The van der Waals surface area contributed by atoms with Gasteiger partial charge in [-0.15, -0.1) is 0 Å². The third kappa shape index (κ3) is 1.63. The van der Waals surface area contributed by atoms with Crippen LogP contribution in [0.2, 0.25) is 0 Å². The molecule has 1 heterocycles. The van der Waals surface area contributed by atoms with Gasteiger partial charge in [0.1, 0.15) is 6.04 Å². The molecule has 1 aromatic rings. The van der Waals surface area contributed by atoms with Crippen molar-refractivity contribution in [2.45, 2.75) is 19.9 Å². The fraction of sp³-hybridized carbons (Fsp3) is 0.364. The lowest BCUT2D eigenvalue weighted by molar-refractivity contribution is -0.118. The third-order valence-corrected chi connectivity index (χ3v) is 3.13. The van der Waals surface area contributed by atoms with Gasteiger partial charge in [0.2, 0.25) is 5.91 Å². The van der Waals surface area contributed by atoms with Crippen molar-refractivity contribution in [1.82, 2.24) is 0 Å². The van der Waals surface area contributed by atoms with Gasteiger partial charge >= 0.3 is 0 Å². The van der Waals surface area contributed by atoms with Gasteiger partial charge in [-0.05, 0) is 31.5 Å². The molecule has 15 heavy (non-hydrogen) atoms. The smallest absolute Gasteiger partial charge is 0.248 e. The Hall–Kier alpha value is -1.03. The summed E-state index contributed by atoms with van der Waals surface area (Å²) >= 11 is 3.45. The fourth-order valence-electron chi connectivity index (χ4n) is 1.99. The molecule has 1 aromatic carbocycles. The average Bonchev–Trinajstić information content (AvgIpc) is 2.13. The molecule has 0 bridgehead atoms. The van der Waals surface area contributed by atoms with Crippen LogP contribution in [0, 0.1) is 6.92 Å². The Labute approximate surface area is 97.6 Å². The normalized spacial score (nSPS) is 19.9. The molecule has 0 radical (unpaired) electrons. The van der Waals surface area contributed by atoms with Crippen molar-refractivity contribution >= 4 is 33.2 Å². The van der Waals surface area contributed by atoms with Crippen LogP contribution >= 0.6 is 15.9 Å². The number of hydrogen-bond donors (Lipinski definition) is 1. The number of halogens is 1. The number of nitrogens with zero attached hydrogens (tertiary/aromatic N) is 1. The molecule has 1 N–H and O–H groups in total. The fourth-order valence-corrected chi connectivity index (χ4v) is 2.56. The summed E-state index contributed by atoms with van der Waals surface area (Å²) in [6.45, 7) is 3.88. The maximum Gasteiger partial charge on any atom is 0.248 e. The summed E-state index contributed by atoms with van der Waals surface area (Å²) in [5, 5.41) is 3.20. The molecule has 1 aliphatic heterocycles. The topological polar surface area (TPSA) is 32.3 Å². The van der Waals surface area contributed by atoms with E-state index in [4.69, 9.17) is 0 Å². The summed E-state index contributed by atoms with van der Waals surface area (Å²) in [6.07, 6.45) is 0. The standard InChI is InChI=1S/C11H13BrN2O/c1-6-4-8(12)5-9-10(6)14(3)11(15)7(2)13-9/h4-5,7,13H,1-3H3. The molecule has 4 heteroatoms. The summed E-state index contributed by atoms with van der Waals surface area (Å²) in [5.41, 5.74) is 3.08. The molecule has 0 saturated carbocycles. The Balaban J connectivity index is 2.60. The van der Waals surface area contributed by atoms with E-state index in [1.54, 1.807) is 4.90 Å². The number of fused-ring (bicyclic) bond motifs is 1. The number of carbonyl (C=O) groups is 1. The second kappa shape index (κ2) is 3.52. The maximum absolute atomic E-state index is 11.8. The van der Waals surface area contributed by atoms with E-state index >= 15 is 0 Å². The van der Waals surface area contributed by atoms with Crippen LogP contribution in [0.15, 0.2) is 16.6 Å². The number of amides is 1. The molecule has 3 nitrogen and oxygen atoms in total. The lowest BCUT2D eigenvalue weighted by atomic mass is 10.1. The molecule has 0 saturated heterocycles. The summed E-state index contributed by atoms with van der Waals surface area (Å²) < 4.78 is 1.03. The maximum atomic E-state index is 11.8. The average molecular weight is 269 g/mol. The lowest BCUT2D eigenvalue weighted by Crippen LogP contribution is -2.43. The number of hydrogen-bond acceptors (Lipinski definition) is 2. The quantitative estimate of drug-likeness (QED) is 0.785. The second-order valence-corrected chi connectivity index (χ2v) is 4.80. The molecule has 1 aliphatic rings. The van der Waals surface area contributed by atoms with E-state index in [1.165, 1.54) is 0 Å². The van der Waals surface area contributed by atoms with E-state index in [9.17, 15) is 4.79 Å². The second-order valence-electron chi connectivity index (χ2n) is 3.88. The highest BCUT2D eigenvalue weighted by atomic mass is 79.9. The van der Waals surface area contributed by atoms with Gasteiger partial charge < -0.3 is 10.2 Å². The number of likely N-dealkylation sites (N-methyl/N-ethyl adjacent to an activating group) is 1. The zero-order chi connectivity index (χ0) is 11.2. The van der Waals surface area contributed by atoms with Crippen molar-refractivity contribution in [3.63, 3.8) is 0 Å². The van der Waals surface area contributed by atoms with Gasteiger partial charge in [0.05, 0.1) is 11.4 Å². The van der Waals surface area contributed by atoms with Crippen LogP contribution in [0.1, 0.15) is 12.5 Å². The van der Waals surface area contributed by atoms with E-state index in [0.29, 0.717) is 0 Å². The van der Waals surface area contributed by atoms with Crippen molar-refractivity contribution in [2.24, 2.45) is 0 Å². The minimum atomic E-state index is -0.156. The first kappa shape index (κ1) is 10.5. The van der Waals surface area contributed by atoms with Gasteiger partial charge in [0.15, 0.2) is 0 Å². The van der Waals surface area contributed by atoms with E-state index in [0.717, 1.165) is 21.4 Å². The monoisotopic (exact) mass is 268 g/mol. The van der Waals surface area contributed by atoms with Crippen LogP contribution in [-0.4, -0.2) is 19.0 Å². The first-order valence-electron chi connectivity index (χ1n) is 4.85. The van der Waals surface area contributed by atoms with Crippen molar-refractivity contribution in [1.29, 1.82) is 0 Å². The molecule has 1 amide bonds. The summed E-state index contributed by atoms with van der Waals surface area (Å²) in [5.74, 6) is 0.105. The van der Waals surface area contributed by atoms with Crippen molar-refractivity contribution in [3.05, 3.63) is 22.2 Å². The van der Waals surface area contributed by atoms with Gasteiger partial charge in [-0.25, -0.2) is 0 Å². The lowest BCUT2D eigenvalue weighted by Gasteiger charge is -2.32. The molecule has 0 aliphatic carbocycles. The molecule has 0 spiro atoms. The zero-order valence-electron chi connectivity index (χ0n) is 8.97. The SMILES string of the molecule is Cc1cc(Br)cc2c1N(C)C(=O)C(C)N2. The van der Waals surface area contributed by atoms with Crippen LogP contribution < -0.4 is 10.2 Å². The number of anilines is 2. The predicted molar refractivity (Wildman–Crippen MR) is 65.4 cm³/mol. The molecule has 80 valence electrons. The highest BCUT2D eigenvalue weighted by molar-refractivity contribution is 9.10. The minimum absolute atomic E-state index is 0.105. The Kier molecular flexibility index (Phi) is 2.46. The van der Waals surface area contributed by atoms with Crippen molar-refractivity contribution in [3.8, 4) is 0 Å². The highest BCUT2D eigenvalue weighted by Crippen LogP contribution is 2.36. The Morgan fingerprint density at radius 3 is 2.80 bits per heavy atom. The molecule has 2 rings (SSSR count). The van der Waals surface area contributed by atoms with Crippen molar-refractivity contribution < 1.29 is 4.79 Å². The van der Waals surface area contributed by atoms with E-state index in [2.05, 4.69) is 21.2 Å². The molecular weight excluding hydrogens is 256 g/mol. The number of carbonyl (C=O) groups excluding carboxylic acids is 1. The van der Waals surface area contributed by atoms with E-state index < -0.39 is 0 Å². The molecule has 1 atom stereocenters. The number of rotatable bonds is 0. The van der Waals surface area contributed by atoms with Crippen LogP contribution in [-0.2, 0) is 4.79 Å². The number of aryl methyl sites for hydroxylation is 1. The minimum Gasteiger partial charge on any atom is -0.372 e. The molecule has 0 aromatic heterocycles. The first-order chi connectivity index (χ1) is 7.00. The number of nitrogens with one attached hydrogen (secondary N) is 1. The van der Waals surface area contributed by atoms with Gasteiger partial charge in [-0.2, -0.15) is 0 Å². The molecular formula is C11H13BrN2O. The number of benzene rings is 1. The van der Waals surface area contributed by atoms with Gasteiger partial charge in [0, 0.05) is 11.5 Å². The Bertz CT molecular complexity index is 431. The highest BCUT2D eigenvalue weighted by Gasteiger charge is 2.28. The summed E-state index contributed by atoms with van der Waals surface area (Å²) in [7, 11) is 1.82. The van der Waals surface area contributed by atoms with Crippen LogP contribution in [0.4, 0.5) is 11.4 Å². The van der Waals surface area contributed by atoms with Gasteiger partial charge in [-0.3, -0.25) is 4.79 Å². The zero-order valence-corrected chi connectivity index (χ0v) is 10.6. The predicted octanol–water partition coefficient (Wildman–Crippen LogP) is 2.53. The van der Waals surface area contributed by atoms with Crippen molar-refractivity contribution in [2.75, 3.05) is 17.3 Å². The summed E-state index contributed by atoms with van der Waals surface area (Å²) in [4.78, 5) is 13.5.